The van der Waals surface area contributed by atoms with Gasteiger partial charge in [0.1, 0.15) is 12.1 Å². The fourth-order valence-electron chi connectivity index (χ4n) is 5.06. The maximum Gasteiger partial charge on any atom is 0.257 e. The van der Waals surface area contributed by atoms with Gasteiger partial charge in [0.25, 0.3) is 5.91 Å². The number of amides is 4. The van der Waals surface area contributed by atoms with Crippen LogP contribution in [0, 0.1) is 23.2 Å². The molecule has 0 aromatic carbocycles. The van der Waals surface area contributed by atoms with Gasteiger partial charge in [-0.05, 0) is 36.5 Å². The molecule has 4 amide bonds. The summed E-state index contributed by atoms with van der Waals surface area (Å²) in [7, 11) is 0. The highest BCUT2D eigenvalue weighted by Crippen LogP contribution is 2.43. The molecule has 0 radical (unpaired) electrons. The summed E-state index contributed by atoms with van der Waals surface area (Å²) < 4.78 is 0. The first-order valence-corrected chi connectivity index (χ1v) is 11.0. The number of nitrogens with one attached hydrogen (secondary N) is 4. The van der Waals surface area contributed by atoms with Crippen LogP contribution < -0.4 is 21.5 Å². The van der Waals surface area contributed by atoms with Gasteiger partial charge in [-0.1, -0.05) is 27.2 Å². The lowest BCUT2D eigenvalue weighted by molar-refractivity contribution is -0.144. The summed E-state index contributed by atoms with van der Waals surface area (Å²) >= 11 is 0. The van der Waals surface area contributed by atoms with Crippen LogP contribution >= 0.6 is 12.4 Å². The van der Waals surface area contributed by atoms with E-state index >= 15 is 0 Å². The molecule has 3 aliphatic rings. The van der Waals surface area contributed by atoms with Crippen molar-refractivity contribution >= 4 is 36.0 Å². The van der Waals surface area contributed by atoms with Crippen LogP contribution in [-0.4, -0.2) is 60.2 Å². The smallest absolute Gasteiger partial charge is 0.257 e. The largest absolute Gasteiger partial charge is 0.356 e. The van der Waals surface area contributed by atoms with Gasteiger partial charge in [0, 0.05) is 26.6 Å². The zero-order valence-electron chi connectivity index (χ0n) is 18.8. The molecule has 2 saturated heterocycles. The van der Waals surface area contributed by atoms with Gasteiger partial charge in [-0.25, -0.2) is 5.43 Å². The quantitative estimate of drug-likeness (QED) is 0.429. The molecular formula is C21H36ClN5O4. The summed E-state index contributed by atoms with van der Waals surface area (Å²) in [5.74, 6) is -0.439. The summed E-state index contributed by atoms with van der Waals surface area (Å²) in [6, 6.07) is -1.26. The number of likely N-dealkylation sites (tertiary alicyclic amines) is 1. The maximum atomic E-state index is 13.5. The highest BCUT2D eigenvalue weighted by molar-refractivity contribution is 5.93. The fraction of sp³-hybridized carbons (Fsp3) is 0.810. The van der Waals surface area contributed by atoms with Gasteiger partial charge in [-0.2, -0.15) is 0 Å². The van der Waals surface area contributed by atoms with Gasteiger partial charge in [-0.3, -0.25) is 24.6 Å². The lowest BCUT2D eigenvalue weighted by Crippen LogP contribution is -2.59. The van der Waals surface area contributed by atoms with E-state index in [0.717, 1.165) is 25.7 Å². The number of carbonyl (C=O) groups excluding carboxylic acids is 4. The molecule has 3 rings (SSSR count). The third-order valence-corrected chi connectivity index (χ3v) is 6.63. The molecule has 176 valence electrons. The topological polar surface area (TPSA) is 120 Å². The minimum atomic E-state index is -0.695. The van der Waals surface area contributed by atoms with Crippen LogP contribution in [0.5, 0.6) is 0 Å². The lowest BCUT2D eigenvalue weighted by atomic mass is 9.85. The van der Waals surface area contributed by atoms with Gasteiger partial charge in [0.15, 0.2) is 0 Å². The number of rotatable bonds is 6. The molecule has 5 atom stereocenters. The number of carbonyl (C=O) groups is 4. The number of hydrazine groups is 1. The van der Waals surface area contributed by atoms with Crippen molar-refractivity contribution in [3.63, 3.8) is 0 Å². The van der Waals surface area contributed by atoms with E-state index in [4.69, 9.17) is 0 Å². The van der Waals surface area contributed by atoms with Gasteiger partial charge in [0.05, 0.1) is 5.92 Å². The second kappa shape index (κ2) is 10.2. The molecule has 31 heavy (non-hydrogen) atoms. The van der Waals surface area contributed by atoms with Crippen molar-refractivity contribution in [2.45, 2.75) is 65.5 Å². The summed E-state index contributed by atoms with van der Waals surface area (Å²) in [5.41, 5.74) is 5.16. The standard InChI is InChI=1S/C21H35N5O4.ClH/c1-12(27)24-17(21(2,3)4)20(30)26-11-14-6-5-7-15(14)16(26)19(29)25-23-10-13-8-9-22-18(13)28;/h13-17,23H,5-11H2,1-4H3,(H,22,28)(H,24,27)(H,25,29);1H/t13-,14-,15-,16-,17?;/m0./s1. The average molecular weight is 458 g/mol. The Morgan fingerprint density at radius 1 is 1.19 bits per heavy atom. The Hall–Kier alpha value is -1.87. The van der Waals surface area contributed by atoms with Crippen LogP contribution in [0.2, 0.25) is 0 Å². The highest BCUT2D eigenvalue weighted by atomic mass is 35.5. The van der Waals surface area contributed by atoms with Crippen LogP contribution in [0.1, 0.15) is 53.4 Å². The van der Waals surface area contributed by atoms with Gasteiger partial charge in [-0.15, -0.1) is 12.4 Å². The molecule has 9 nitrogen and oxygen atoms in total. The van der Waals surface area contributed by atoms with E-state index < -0.39 is 17.5 Å². The molecule has 0 aromatic rings. The predicted molar refractivity (Wildman–Crippen MR) is 118 cm³/mol. The van der Waals surface area contributed by atoms with E-state index in [1.807, 2.05) is 20.8 Å². The van der Waals surface area contributed by atoms with E-state index in [-0.39, 0.29) is 47.9 Å². The minimum Gasteiger partial charge on any atom is -0.356 e. The summed E-state index contributed by atoms with van der Waals surface area (Å²) in [6.07, 6.45) is 3.72. The second-order valence-electron chi connectivity index (χ2n) is 9.94. The number of nitrogens with zero attached hydrogens (tertiary/aromatic N) is 1. The molecule has 0 bridgehead atoms. The van der Waals surface area contributed by atoms with E-state index in [0.29, 0.717) is 25.6 Å². The Morgan fingerprint density at radius 2 is 1.90 bits per heavy atom. The monoisotopic (exact) mass is 457 g/mol. The zero-order chi connectivity index (χ0) is 22.1. The van der Waals surface area contributed by atoms with E-state index in [1.54, 1.807) is 4.90 Å². The molecule has 1 saturated carbocycles. The lowest BCUT2D eigenvalue weighted by Gasteiger charge is -2.36. The van der Waals surface area contributed by atoms with Crippen LogP contribution in [-0.2, 0) is 19.2 Å². The molecule has 0 spiro atoms. The molecule has 3 fully saturated rings. The van der Waals surface area contributed by atoms with E-state index in [2.05, 4.69) is 21.5 Å². The minimum absolute atomic E-state index is 0. The first-order chi connectivity index (χ1) is 14.1. The number of halogens is 1. The highest BCUT2D eigenvalue weighted by Gasteiger charge is 2.51. The molecule has 1 aliphatic carbocycles. The fourth-order valence-corrected chi connectivity index (χ4v) is 5.06. The van der Waals surface area contributed by atoms with E-state index in [1.165, 1.54) is 6.92 Å². The Labute approximate surface area is 190 Å². The normalized spacial score (nSPS) is 28.4. The van der Waals surface area contributed by atoms with Crippen molar-refractivity contribution in [1.82, 2.24) is 26.4 Å². The third kappa shape index (κ3) is 5.68. The Balaban J connectivity index is 0.00000341. The van der Waals surface area contributed by atoms with Crippen molar-refractivity contribution < 1.29 is 19.2 Å². The predicted octanol–water partition coefficient (Wildman–Crippen LogP) is 0.343. The number of fused-ring (bicyclic) bond motifs is 1. The number of hydrogen-bond donors (Lipinski definition) is 4. The summed E-state index contributed by atoms with van der Waals surface area (Å²) in [6.45, 7) is 8.69. The zero-order valence-corrected chi connectivity index (χ0v) is 19.6. The molecule has 10 heteroatoms. The molecule has 1 unspecified atom stereocenters. The van der Waals surface area contributed by atoms with Crippen molar-refractivity contribution in [3.8, 4) is 0 Å². The Morgan fingerprint density at radius 3 is 2.48 bits per heavy atom. The maximum absolute atomic E-state index is 13.5. The van der Waals surface area contributed by atoms with Crippen LogP contribution in [0.4, 0.5) is 0 Å². The van der Waals surface area contributed by atoms with Gasteiger partial charge in [0.2, 0.25) is 17.7 Å². The Kier molecular flexibility index (Phi) is 8.33. The molecular weight excluding hydrogens is 422 g/mol. The molecule has 2 aliphatic heterocycles. The van der Waals surface area contributed by atoms with Crippen molar-refractivity contribution in [2.24, 2.45) is 23.2 Å². The first-order valence-electron chi connectivity index (χ1n) is 11.0. The van der Waals surface area contributed by atoms with Crippen molar-refractivity contribution in [2.75, 3.05) is 19.6 Å². The number of hydrogen-bond acceptors (Lipinski definition) is 5. The van der Waals surface area contributed by atoms with Crippen molar-refractivity contribution in [1.29, 1.82) is 0 Å². The third-order valence-electron chi connectivity index (χ3n) is 6.63. The average Bonchev–Trinajstić information content (AvgIpc) is 3.34. The van der Waals surface area contributed by atoms with E-state index in [9.17, 15) is 19.2 Å². The van der Waals surface area contributed by atoms with Gasteiger partial charge < -0.3 is 15.5 Å². The molecule has 4 N–H and O–H groups in total. The summed E-state index contributed by atoms with van der Waals surface area (Å²) in [4.78, 5) is 51.6. The van der Waals surface area contributed by atoms with Crippen LogP contribution in [0.25, 0.3) is 0 Å². The first kappa shape index (κ1) is 25.4. The Bertz CT molecular complexity index is 710. The van der Waals surface area contributed by atoms with Gasteiger partial charge >= 0.3 is 0 Å². The SMILES string of the molecule is CC(=O)NC(C(=O)N1C[C@@H]2CCC[C@@H]2[C@H]1C(=O)NNC[C@@H]1CCNC1=O)C(C)(C)C.Cl. The molecule has 0 aromatic heterocycles. The van der Waals surface area contributed by atoms with Crippen molar-refractivity contribution in [3.05, 3.63) is 0 Å². The summed E-state index contributed by atoms with van der Waals surface area (Å²) in [5, 5.41) is 5.56. The van der Waals surface area contributed by atoms with Crippen LogP contribution in [0.15, 0.2) is 0 Å². The van der Waals surface area contributed by atoms with Crippen LogP contribution in [0.3, 0.4) is 0 Å². The second-order valence-corrected chi connectivity index (χ2v) is 9.94. The molecule has 2 heterocycles.